The van der Waals surface area contributed by atoms with E-state index in [1.807, 2.05) is 13.8 Å². The van der Waals surface area contributed by atoms with Crippen molar-refractivity contribution in [1.29, 1.82) is 0 Å². The van der Waals surface area contributed by atoms with Gasteiger partial charge in [-0.3, -0.25) is 4.79 Å². The number of hydrogen-bond donors (Lipinski definition) is 2. The van der Waals surface area contributed by atoms with Crippen molar-refractivity contribution in [2.45, 2.75) is 65.4 Å². The average Bonchev–Trinajstić information content (AvgIpc) is 2.24. The second kappa shape index (κ2) is 6.89. The van der Waals surface area contributed by atoms with Crippen LogP contribution in [0, 0.1) is 11.8 Å². The van der Waals surface area contributed by atoms with Gasteiger partial charge in [0.2, 0.25) is 0 Å². The van der Waals surface area contributed by atoms with Crippen LogP contribution in [0.4, 0.5) is 0 Å². The fourth-order valence-electron chi connectivity index (χ4n) is 2.19. The van der Waals surface area contributed by atoms with Gasteiger partial charge in [0, 0.05) is 0 Å². The third-order valence-electron chi connectivity index (χ3n) is 3.54. The van der Waals surface area contributed by atoms with E-state index in [1.54, 1.807) is 0 Å². The zero-order valence-electron chi connectivity index (χ0n) is 11.0. The SMILES string of the molecule is CCCC(C(=O)O)C(O)(CC)CC(C)CC. The molecule has 0 heterocycles. The van der Waals surface area contributed by atoms with Gasteiger partial charge in [-0.25, -0.2) is 0 Å². The molecule has 2 N–H and O–H groups in total. The highest BCUT2D eigenvalue weighted by atomic mass is 16.4. The molecule has 0 aliphatic carbocycles. The molecule has 0 bridgehead atoms. The molecule has 0 aliphatic rings. The Morgan fingerprint density at radius 2 is 1.88 bits per heavy atom. The van der Waals surface area contributed by atoms with E-state index in [9.17, 15) is 15.0 Å². The highest BCUT2D eigenvalue weighted by molar-refractivity contribution is 5.71. The summed E-state index contributed by atoms with van der Waals surface area (Å²) in [4.78, 5) is 11.2. The lowest BCUT2D eigenvalue weighted by Gasteiger charge is -2.35. The Labute approximate surface area is 98.9 Å². The summed E-state index contributed by atoms with van der Waals surface area (Å²) in [6.45, 7) is 7.95. The van der Waals surface area contributed by atoms with Crippen LogP contribution >= 0.6 is 0 Å². The normalized spacial score (nSPS) is 18.8. The first-order valence-corrected chi connectivity index (χ1v) is 6.36. The van der Waals surface area contributed by atoms with Crippen LogP contribution in [0.15, 0.2) is 0 Å². The summed E-state index contributed by atoms with van der Waals surface area (Å²) < 4.78 is 0. The molecule has 3 nitrogen and oxygen atoms in total. The molecule has 0 aromatic carbocycles. The summed E-state index contributed by atoms with van der Waals surface area (Å²) in [5.74, 6) is -1.13. The van der Waals surface area contributed by atoms with Crippen molar-refractivity contribution in [3.8, 4) is 0 Å². The summed E-state index contributed by atoms with van der Waals surface area (Å²) in [5.41, 5.74) is -1.04. The molecule has 0 aromatic heterocycles. The van der Waals surface area contributed by atoms with E-state index in [0.717, 1.165) is 12.8 Å². The third kappa shape index (κ3) is 4.12. The van der Waals surface area contributed by atoms with Gasteiger partial charge in [0.1, 0.15) is 0 Å². The van der Waals surface area contributed by atoms with Gasteiger partial charge < -0.3 is 10.2 Å². The van der Waals surface area contributed by atoms with Crippen molar-refractivity contribution in [1.82, 2.24) is 0 Å². The summed E-state index contributed by atoms with van der Waals surface area (Å²) in [7, 11) is 0. The molecule has 0 saturated heterocycles. The van der Waals surface area contributed by atoms with E-state index in [0.29, 0.717) is 25.2 Å². The van der Waals surface area contributed by atoms with Crippen LogP contribution < -0.4 is 0 Å². The Kier molecular flexibility index (Phi) is 6.65. The molecule has 3 atom stereocenters. The first-order valence-electron chi connectivity index (χ1n) is 6.36. The first kappa shape index (κ1) is 15.4. The number of carboxylic acid groups (broad SMARTS) is 1. The lowest BCUT2D eigenvalue weighted by atomic mass is 9.76. The van der Waals surface area contributed by atoms with Gasteiger partial charge in [0.05, 0.1) is 11.5 Å². The monoisotopic (exact) mass is 230 g/mol. The molecule has 0 fully saturated rings. The molecule has 3 heteroatoms. The number of carbonyl (C=O) groups is 1. The van der Waals surface area contributed by atoms with Gasteiger partial charge >= 0.3 is 5.97 Å². The van der Waals surface area contributed by atoms with E-state index in [-0.39, 0.29) is 0 Å². The van der Waals surface area contributed by atoms with Crippen molar-refractivity contribution in [3.63, 3.8) is 0 Å². The number of rotatable bonds is 8. The van der Waals surface area contributed by atoms with Gasteiger partial charge in [-0.05, 0) is 25.2 Å². The minimum Gasteiger partial charge on any atom is -0.481 e. The number of aliphatic hydroxyl groups is 1. The molecule has 0 radical (unpaired) electrons. The standard InChI is InChI=1S/C13H26O3/c1-5-8-11(12(14)15)13(16,7-3)9-10(4)6-2/h10-11,16H,5-9H2,1-4H3,(H,14,15). The maximum absolute atomic E-state index is 11.2. The average molecular weight is 230 g/mol. The van der Waals surface area contributed by atoms with Crippen LogP contribution in [0.3, 0.4) is 0 Å². The summed E-state index contributed by atoms with van der Waals surface area (Å²) in [6.07, 6.45) is 3.40. The van der Waals surface area contributed by atoms with Crippen LogP contribution in [-0.4, -0.2) is 21.8 Å². The van der Waals surface area contributed by atoms with Crippen molar-refractivity contribution in [3.05, 3.63) is 0 Å². The Balaban J connectivity index is 4.79. The number of hydrogen-bond acceptors (Lipinski definition) is 2. The predicted molar refractivity (Wildman–Crippen MR) is 65.3 cm³/mol. The zero-order valence-corrected chi connectivity index (χ0v) is 11.0. The maximum atomic E-state index is 11.2. The summed E-state index contributed by atoms with van der Waals surface area (Å²) in [5, 5.41) is 19.7. The zero-order chi connectivity index (χ0) is 12.8. The Bertz CT molecular complexity index is 215. The molecule has 3 unspecified atom stereocenters. The molecule has 0 aliphatic heterocycles. The number of aliphatic carboxylic acids is 1. The van der Waals surface area contributed by atoms with Crippen LogP contribution in [0.5, 0.6) is 0 Å². The molecule has 0 amide bonds. The summed E-state index contributed by atoms with van der Waals surface area (Å²) in [6, 6.07) is 0. The topological polar surface area (TPSA) is 57.5 Å². The molecule has 96 valence electrons. The van der Waals surface area contributed by atoms with E-state index >= 15 is 0 Å². The highest BCUT2D eigenvalue weighted by Crippen LogP contribution is 2.33. The van der Waals surface area contributed by atoms with Crippen LogP contribution in [0.2, 0.25) is 0 Å². The first-order chi connectivity index (χ1) is 7.41. The largest absolute Gasteiger partial charge is 0.481 e. The Morgan fingerprint density at radius 3 is 2.19 bits per heavy atom. The lowest BCUT2D eigenvalue weighted by molar-refractivity contribution is -0.154. The molecule has 0 saturated carbocycles. The summed E-state index contributed by atoms with van der Waals surface area (Å²) >= 11 is 0. The van der Waals surface area contributed by atoms with E-state index in [2.05, 4.69) is 13.8 Å². The lowest BCUT2D eigenvalue weighted by Crippen LogP contribution is -2.43. The molecule has 0 aromatic rings. The van der Waals surface area contributed by atoms with Crippen molar-refractivity contribution in [2.24, 2.45) is 11.8 Å². The van der Waals surface area contributed by atoms with Crippen molar-refractivity contribution < 1.29 is 15.0 Å². The van der Waals surface area contributed by atoms with Crippen molar-refractivity contribution >= 4 is 5.97 Å². The Hall–Kier alpha value is -0.570. The molecular weight excluding hydrogens is 204 g/mol. The second-order valence-corrected chi connectivity index (χ2v) is 4.85. The fourth-order valence-corrected chi connectivity index (χ4v) is 2.19. The smallest absolute Gasteiger partial charge is 0.309 e. The van der Waals surface area contributed by atoms with E-state index in [4.69, 9.17) is 0 Å². The van der Waals surface area contributed by atoms with Crippen LogP contribution in [0.1, 0.15) is 59.8 Å². The van der Waals surface area contributed by atoms with Crippen LogP contribution in [0.25, 0.3) is 0 Å². The maximum Gasteiger partial charge on any atom is 0.309 e. The van der Waals surface area contributed by atoms with Crippen molar-refractivity contribution in [2.75, 3.05) is 0 Å². The van der Waals surface area contributed by atoms with E-state index in [1.165, 1.54) is 0 Å². The second-order valence-electron chi connectivity index (χ2n) is 4.85. The Morgan fingerprint density at radius 1 is 1.31 bits per heavy atom. The minimum absolute atomic E-state index is 0.364. The van der Waals surface area contributed by atoms with Gasteiger partial charge in [-0.15, -0.1) is 0 Å². The molecule has 0 spiro atoms. The van der Waals surface area contributed by atoms with Gasteiger partial charge in [0.15, 0.2) is 0 Å². The molecule has 16 heavy (non-hydrogen) atoms. The van der Waals surface area contributed by atoms with Gasteiger partial charge in [0.25, 0.3) is 0 Å². The van der Waals surface area contributed by atoms with Crippen LogP contribution in [-0.2, 0) is 4.79 Å². The predicted octanol–water partition coefficient (Wildman–Crippen LogP) is 3.06. The highest BCUT2D eigenvalue weighted by Gasteiger charge is 2.39. The fraction of sp³-hybridized carbons (Fsp3) is 0.923. The number of carboxylic acids is 1. The van der Waals surface area contributed by atoms with Gasteiger partial charge in [-0.1, -0.05) is 40.5 Å². The van der Waals surface area contributed by atoms with Gasteiger partial charge in [-0.2, -0.15) is 0 Å². The third-order valence-corrected chi connectivity index (χ3v) is 3.54. The molecular formula is C13H26O3. The molecule has 0 rings (SSSR count). The minimum atomic E-state index is -1.04. The quantitative estimate of drug-likeness (QED) is 0.673. The van der Waals surface area contributed by atoms with E-state index < -0.39 is 17.5 Å².